The summed E-state index contributed by atoms with van der Waals surface area (Å²) in [5.41, 5.74) is 8.99. The van der Waals surface area contributed by atoms with Crippen LogP contribution in [0.4, 0.5) is 0 Å². The lowest BCUT2D eigenvalue weighted by Crippen LogP contribution is -2.35. The number of rotatable bonds is 2. The Hall–Kier alpha value is -1.04. The molecule has 0 aliphatic heterocycles. The van der Waals surface area contributed by atoms with E-state index in [0.29, 0.717) is 0 Å². The van der Waals surface area contributed by atoms with Crippen LogP contribution < -0.4 is 10.4 Å². The molecule has 0 unspecified atom stereocenters. The molecule has 1 aromatic carbocycles. The molecule has 0 atom stereocenters. The summed E-state index contributed by atoms with van der Waals surface area (Å²) in [6.45, 7) is 18.1. The van der Waals surface area contributed by atoms with Gasteiger partial charge in [-0.05, 0) is 87.1 Å². The van der Waals surface area contributed by atoms with E-state index in [1.807, 2.05) is 0 Å². The summed E-state index contributed by atoms with van der Waals surface area (Å²) in [6, 6.07) is 0. The van der Waals surface area contributed by atoms with Gasteiger partial charge in [-0.1, -0.05) is 25.0 Å². The fraction of sp³-hybridized carbons (Fsp3) is 0.556. The van der Waals surface area contributed by atoms with Gasteiger partial charge < -0.3 is 0 Å². The summed E-state index contributed by atoms with van der Waals surface area (Å²) >= 11 is 0. The average Bonchev–Trinajstić information content (AvgIpc) is 2.29. The predicted octanol–water partition coefficient (Wildman–Crippen LogP) is 3.81. The fourth-order valence-electron chi connectivity index (χ4n) is 3.34. The van der Waals surface area contributed by atoms with E-state index < -0.39 is 0 Å². The standard InChI is InChI=1S/C18H28/c1-9-15-13(7)17(11(3)4)18(12(5)6)14(8)16(15)10-2/h9-10H2,1-8H3. The highest BCUT2D eigenvalue weighted by molar-refractivity contribution is 5.55. The molecule has 0 saturated heterocycles. The van der Waals surface area contributed by atoms with Gasteiger partial charge in [0, 0.05) is 0 Å². The van der Waals surface area contributed by atoms with E-state index in [9.17, 15) is 0 Å². The van der Waals surface area contributed by atoms with Gasteiger partial charge in [0.1, 0.15) is 0 Å². The lowest BCUT2D eigenvalue weighted by molar-refractivity contribution is 0.982. The SMILES string of the molecule is CCc1c(CC)c(C)c(=C(C)C)c(=C(C)C)c1C. The fourth-order valence-corrected chi connectivity index (χ4v) is 3.34. The monoisotopic (exact) mass is 244 g/mol. The second-order valence-electron chi connectivity index (χ2n) is 5.66. The van der Waals surface area contributed by atoms with Crippen molar-refractivity contribution in [1.29, 1.82) is 0 Å². The molecule has 0 N–H and O–H groups in total. The summed E-state index contributed by atoms with van der Waals surface area (Å²) in [5, 5.41) is 2.98. The Kier molecular flexibility index (Phi) is 4.78. The molecule has 100 valence electrons. The Bertz CT molecular complexity index is 510. The minimum Gasteiger partial charge on any atom is -0.0683 e. The number of hydrogen-bond donors (Lipinski definition) is 0. The second-order valence-corrected chi connectivity index (χ2v) is 5.66. The van der Waals surface area contributed by atoms with Crippen molar-refractivity contribution in [2.45, 2.75) is 68.2 Å². The topological polar surface area (TPSA) is 0 Å². The molecule has 0 spiro atoms. The highest BCUT2D eigenvalue weighted by Gasteiger charge is 2.11. The van der Waals surface area contributed by atoms with Crippen LogP contribution in [0, 0.1) is 13.8 Å². The minimum atomic E-state index is 1.14. The molecule has 0 fully saturated rings. The molecular formula is C18H28. The van der Waals surface area contributed by atoms with Gasteiger partial charge in [-0.15, -0.1) is 0 Å². The Labute approximate surface area is 112 Å². The summed E-state index contributed by atoms with van der Waals surface area (Å²) < 4.78 is 0. The maximum atomic E-state index is 2.30. The Morgan fingerprint density at radius 3 is 1.11 bits per heavy atom. The van der Waals surface area contributed by atoms with Gasteiger partial charge >= 0.3 is 0 Å². The Morgan fingerprint density at radius 2 is 0.944 bits per heavy atom. The normalized spacial score (nSPS) is 10.7. The van der Waals surface area contributed by atoms with Gasteiger partial charge in [-0.2, -0.15) is 0 Å². The van der Waals surface area contributed by atoms with Gasteiger partial charge in [-0.25, -0.2) is 0 Å². The van der Waals surface area contributed by atoms with E-state index >= 15 is 0 Å². The zero-order valence-corrected chi connectivity index (χ0v) is 13.4. The van der Waals surface area contributed by atoms with Crippen LogP contribution in [-0.2, 0) is 12.8 Å². The van der Waals surface area contributed by atoms with Crippen LogP contribution in [0.1, 0.15) is 63.8 Å². The molecule has 0 amide bonds. The highest BCUT2D eigenvalue weighted by Crippen LogP contribution is 2.16. The molecule has 1 aromatic rings. The summed E-state index contributed by atoms with van der Waals surface area (Å²) in [6.07, 6.45) is 2.28. The van der Waals surface area contributed by atoms with Gasteiger partial charge in [0.05, 0.1) is 0 Å². The van der Waals surface area contributed by atoms with E-state index in [4.69, 9.17) is 0 Å². The maximum Gasteiger partial charge on any atom is -0.0163 e. The predicted molar refractivity (Wildman–Crippen MR) is 83.4 cm³/mol. The van der Waals surface area contributed by atoms with Crippen molar-refractivity contribution >= 4 is 11.1 Å². The summed E-state index contributed by atoms with van der Waals surface area (Å²) in [7, 11) is 0. The van der Waals surface area contributed by atoms with Crippen LogP contribution in [0.15, 0.2) is 0 Å². The van der Waals surface area contributed by atoms with Crippen LogP contribution in [0.3, 0.4) is 0 Å². The zero-order chi connectivity index (χ0) is 14.0. The third kappa shape index (κ3) is 2.39. The molecule has 0 heterocycles. The van der Waals surface area contributed by atoms with Crippen LogP contribution in [0.25, 0.3) is 11.1 Å². The third-order valence-corrected chi connectivity index (χ3v) is 3.98. The second kappa shape index (κ2) is 5.73. The first-order valence-corrected chi connectivity index (χ1v) is 7.12. The lowest BCUT2D eigenvalue weighted by atomic mass is 9.88. The van der Waals surface area contributed by atoms with E-state index in [-0.39, 0.29) is 0 Å². The van der Waals surface area contributed by atoms with E-state index in [1.165, 1.54) is 32.7 Å². The smallest absolute Gasteiger partial charge is 0.0163 e. The average molecular weight is 244 g/mol. The van der Waals surface area contributed by atoms with E-state index in [1.54, 1.807) is 11.1 Å². The first-order valence-electron chi connectivity index (χ1n) is 7.12. The molecule has 18 heavy (non-hydrogen) atoms. The van der Waals surface area contributed by atoms with Crippen molar-refractivity contribution < 1.29 is 0 Å². The van der Waals surface area contributed by atoms with Gasteiger partial charge in [0.2, 0.25) is 0 Å². The molecule has 0 aliphatic carbocycles. The lowest BCUT2D eigenvalue weighted by Gasteiger charge is -2.17. The number of benzene rings is 1. The zero-order valence-electron chi connectivity index (χ0n) is 13.4. The molecule has 0 aromatic heterocycles. The Balaban J connectivity index is 4.17. The molecule has 0 saturated carbocycles. The van der Waals surface area contributed by atoms with Crippen molar-refractivity contribution in [3.05, 3.63) is 32.7 Å². The molecule has 0 aliphatic rings. The van der Waals surface area contributed by atoms with Crippen molar-refractivity contribution in [3.63, 3.8) is 0 Å². The molecular weight excluding hydrogens is 216 g/mol. The quantitative estimate of drug-likeness (QED) is 0.742. The van der Waals surface area contributed by atoms with Crippen LogP contribution in [0.2, 0.25) is 0 Å². The van der Waals surface area contributed by atoms with Crippen LogP contribution >= 0.6 is 0 Å². The first-order chi connectivity index (χ1) is 8.36. The van der Waals surface area contributed by atoms with Crippen molar-refractivity contribution in [2.24, 2.45) is 0 Å². The molecule has 0 radical (unpaired) electrons. The van der Waals surface area contributed by atoms with E-state index in [2.05, 4.69) is 55.4 Å². The summed E-state index contributed by atoms with van der Waals surface area (Å²) in [4.78, 5) is 0. The summed E-state index contributed by atoms with van der Waals surface area (Å²) in [5.74, 6) is 0. The van der Waals surface area contributed by atoms with Crippen molar-refractivity contribution in [3.8, 4) is 0 Å². The van der Waals surface area contributed by atoms with Gasteiger partial charge in [0.25, 0.3) is 0 Å². The largest absolute Gasteiger partial charge is 0.0683 e. The van der Waals surface area contributed by atoms with Crippen LogP contribution in [-0.4, -0.2) is 0 Å². The van der Waals surface area contributed by atoms with Gasteiger partial charge in [0.15, 0.2) is 0 Å². The highest BCUT2D eigenvalue weighted by atomic mass is 14.2. The molecule has 1 rings (SSSR count). The van der Waals surface area contributed by atoms with Gasteiger partial charge in [-0.3, -0.25) is 0 Å². The number of hydrogen-bond acceptors (Lipinski definition) is 0. The molecule has 0 bridgehead atoms. The van der Waals surface area contributed by atoms with E-state index in [0.717, 1.165) is 12.8 Å². The Morgan fingerprint density at radius 1 is 0.667 bits per heavy atom. The van der Waals surface area contributed by atoms with Crippen molar-refractivity contribution in [2.75, 3.05) is 0 Å². The first kappa shape index (κ1) is 15.0. The third-order valence-electron chi connectivity index (χ3n) is 3.98. The maximum absolute atomic E-state index is 2.30. The molecule has 0 heteroatoms. The van der Waals surface area contributed by atoms with Crippen molar-refractivity contribution in [1.82, 2.24) is 0 Å². The molecule has 0 nitrogen and oxygen atoms in total. The minimum absolute atomic E-state index is 1.14. The van der Waals surface area contributed by atoms with Crippen LogP contribution in [0.5, 0.6) is 0 Å².